The SMILES string of the molecule is CCCCC(C)Oc1ccc(C(=O)NC(=S)Nc2ccc(S(=O)(=O)N3CCc4ccccc43)cc2)cc1. The van der Waals surface area contributed by atoms with Crippen molar-refractivity contribution in [3.8, 4) is 5.75 Å². The van der Waals surface area contributed by atoms with Crippen molar-refractivity contribution in [2.24, 2.45) is 0 Å². The van der Waals surface area contributed by atoms with Crippen LogP contribution in [-0.2, 0) is 16.4 Å². The smallest absolute Gasteiger partial charge is 0.264 e. The molecule has 9 heteroatoms. The Labute approximate surface area is 223 Å². The van der Waals surface area contributed by atoms with Crippen LogP contribution in [0.1, 0.15) is 49.0 Å². The van der Waals surface area contributed by atoms with Crippen LogP contribution in [0.5, 0.6) is 5.75 Å². The Morgan fingerprint density at radius 2 is 1.76 bits per heavy atom. The van der Waals surface area contributed by atoms with E-state index in [-0.39, 0.29) is 22.0 Å². The van der Waals surface area contributed by atoms with Crippen LogP contribution < -0.4 is 19.7 Å². The summed E-state index contributed by atoms with van der Waals surface area (Å²) in [5, 5.41) is 5.69. The van der Waals surface area contributed by atoms with Gasteiger partial charge in [0.25, 0.3) is 15.9 Å². The Bertz CT molecular complexity index is 1360. The Morgan fingerprint density at radius 3 is 2.46 bits per heavy atom. The summed E-state index contributed by atoms with van der Waals surface area (Å²) in [6.45, 7) is 4.60. The molecule has 0 aromatic heterocycles. The van der Waals surface area contributed by atoms with Crippen molar-refractivity contribution in [2.75, 3.05) is 16.2 Å². The number of carbonyl (C=O) groups is 1. The fourth-order valence-corrected chi connectivity index (χ4v) is 5.91. The second kappa shape index (κ2) is 11.7. The molecule has 1 amide bonds. The Kier molecular flexibility index (Phi) is 8.45. The van der Waals surface area contributed by atoms with Crippen LogP contribution in [-0.4, -0.2) is 32.1 Å². The maximum absolute atomic E-state index is 13.2. The van der Waals surface area contributed by atoms with E-state index in [9.17, 15) is 13.2 Å². The van der Waals surface area contributed by atoms with E-state index >= 15 is 0 Å². The molecule has 1 heterocycles. The largest absolute Gasteiger partial charge is 0.491 e. The molecule has 1 aliphatic heterocycles. The number of carbonyl (C=O) groups excluding carboxylic acids is 1. The molecule has 2 N–H and O–H groups in total. The van der Waals surface area contributed by atoms with Crippen LogP contribution in [0.15, 0.2) is 77.7 Å². The molecule has 1 aliphatic rings. The lowest BCUT2D eigenvalue weighted by Gasteiger charge is -2.19. The topological polar surface area (TPSA) is 87.7 Å². The van der Waals surface area contributed by atoms with Gasteiger partial charge in [0.15, 0.2) is 5.11 Å². The van der Waals surface area contributed by atoms with Crippen molar-refractivity contribution >= 4 is 44.6 Å². The summed E-state index contributed by atoms with van der Waals surface area (Å²) in [4.78, 5) is 12.8. The predicted molar refractivity (Wildman–Crippen MR) is 151 cm³/mol. The van der Waals surface area contributed by atoms with Gasteiger partial charge in [-0.15, -0.1) is 0 Å². The number of unbranched alkanes of at least 4 members (excludes halogenated alkanes) is 1. The number of thiocarbonyl (C=S) groups is 1. The monoisotopic (exact) mass is 537 g/mol. The highest BCUT2D eigenvalue weighted by molar-refractivity contribution is 7.92. The molecule has 0 spiro atoms. The van der Waals surface area contributed by atoms with Crippen molar-refractivity contribution < 1.29 is 17.9 Å². The van der Waals surface area contributed by atoms with Crippen LogP contribution in [0.25, 0.3) is 0 Å². The van der Waals surface area contributed by atoms with E-state index in [0.29, 0.717) is 30.0 Å². The molecule has 1 unspecified atom stereocenters. The molecule has 0 aliphatic carbocycles. The number of fused-ring (bicyclic) bond motifs is 1. The number of ether oxygens (including phenoxy) is 1. The zero-order chi connectivity index (χ0) is 26.4. The number of anilines is 2. The standard InChI is InChI=1S/C28H31N3O4S2/c1-3-4-7-20(2)35-24-14-10-22(11-15-24)27(32)30-28(36)29-23-12-16-25(17-13-23)37(33,34)31-19-18-21-8-5-6-9-26(21)31/h5-6,8-17,20H,3-4,7,18-19H2,1-2H3,(H2,29,30,32,36). The van der Waals surface area contributed by atoms with Crippen LogP contribution in [0.2, 0.25) is 0 Å². The minimum Gasteiger partial charge on any atom is -0.491 e. The molecule has 194 valence electrons. The van der Waals surface area contributed by atoms with Gasteiger partial charge in [-0.1, -0.05) is 38.0 Å². The first-order valence-electron chi connectivity index (χ1n) is 12.4. The lowest BCUT2D eigenvalue weighted by Crippen LogP contribution is -2.34. The molecule has 0 saturated heterocycles. The average Bonchev–Trinajstić information content (AvgIpc) is 3.33. The number of para-hydroxylation sites is 1. The quantitative estimate of drug-likeness (QED) is 0.350. The molecule has 7 nitrogen and oxygen atoms in total. The van der Waals surface area contributed by atoms with Crippen molar-refractivity contribution in [2.45, 2.75) is 50.5 Å². The maximum Gasteiger partial charge on any atom is 0.264 e. The zero-order valence-corrected chi connectivity index (χ0v) is 22.6. The molecule has 37 heavy (non-hydrogen) atoms. The van der Waals surface area contributed by atoms with E-state index in [2.05, 4.69) is 17.6 Å². The van der Waals surface area contributed by atoms with Crippen molar-refractivity contribution in [3.05, 3.63) is 83.9 Å². The third kappa shape index (κ3) is 6.47. The number of amides is 1. The second-order valence-electron chi connectivity index (χ2n) is 8.98. The fourth-order valence-electron chi connectivity index (χ4n) is 4.20. The van der Waals surface area contributed by atoms with Crippen LogP contribution in [0.3, 0.4) is 0 Å². The molecule has 3 aromatic rings. The first kappa shape index (κ1) is 26.6. The summed E-state index contributed by atoms with van der Waals surface area (Å²) in [5.41, 5.74) is 2.76. The van der Waals surface area contributed by atoms with Gasteiger partial charge in [0, 0.05) is 17.8 Å². The molecule has 1 atom stereocenters. The molecule has 3 aromatic carbocycles. The molecule has 0 bridgehead atoms. The average molecular weight is 538 g/mol. The number of sulfonamides is 1. The van der Waals surface area contributed by atoms with E-state index in [4.69, 9.17) is 17.0 Å². The molecule has 0 saturated carbocycles. The van der Waals surface area contributed by atoms with Gasteiger partial charge in [0.1, 0.15) is 5.75 Å². The van der Waals surface area contributed by atoms with Gasteiger partial charge in [-0.25, -0.2) is 8.42 Å². The molecule has 0 fully saturated rings. The highest BCUT2D eigenvalue weighted by atomic mass is 32.2. The Hall–Kier alpha value is -3.43. The van der Waals surface area contributed by atoms with Gasteiger partial charge in [-0.3, -0.25) is 14.4 Å². The third-order valence-corrected chi connectivity index (χ3v) is 8.22. The first-order valence-corrected chi connectivity index (χ1v) is 14.2. The van der Waals surface area contributed by atoms with Crippen LogP contribution >= 0.6 is 12.2 Å². The summed E-state index contributed by atoms with van der Waals surface area (Å²) in [6.07, 6.45) is 4.02. The minimum atomic E-state index is -3.68. The van der Waals surface area contributed by atoms with E-state index in [1.165, 1.54) is 16.4 Å². The highest BCUT2D eigenvalue weighted by Crippen LogP contribution is 2.32. The minimum absolute atomic E-state index is 0.114. The summed E-state index contributed by atoms with van der Waals surface area (Å²) >= 11 is 5.28. The van der Waals surface area contributed by atoms with Crippen LogP contribution in [0.4, 0.5) is 11.4 Å². The number of benzene rings is 3. The lowest BCUT2D eigenvalue weighted by molar-refractivity contribution is 0.0977. The van der Waals surface area contributed by atoms with Gasteiger partial charge < -0.3 is 10.1 Å². The highest BCUT2D eigenvalue weighted by Gasteiger charge is 2.30. The lowest BCUT2D eigenvalue weighted by atomic mass is 10.2. The van der Waals surface area contributed by atoms with Crippen LogP contribution in [0, 0.1) is 0 Å². The van der Waals surface area contributed by atoms with E-state index in [1.54, 1.807) is 36.4 Å². The number of hydrogen-bond acceptors (Lipinski definition) is 5. The van der Waals surface area contributed by atoms with E-state index in [0.717, 1.165) is 30.5 Å². The van der Waals surface area contributed by atoms with E-state index < -0.39 is 10.0 Å². The van der Waals surface area contributed by atoms with Crippen molar-refractivity contribution in [3.63, 3.8) is 0 Å². The maximum atomic E-state index is 13.2. The molecular weight excluding hydrogens is 506 g/mol. The van der Waals surface area contributed by atoms with Gasteiger partial charge >= 0.3 is 0 Å². The second-order valence-corrected chi connectivity index (χ2v) is 11.3. The number of hydrogen-bond donors (Lipinski definition) is 2. The Morgan fingerprint density at radius 1 is 1.05 bits per heavy atom. The normalized spacial score (nSPS) is 13.5. The predicted octanol–water partition coefficient (Wildman–Crippen LogP) is 5.52. The summed E-state index contributed by atoms with van der Waals surface area (Å²) < 4.78 is 33.7. The van der Waals surface area contributed by atoms with Gasteiger partial charge in [0.05, 0.1) is 16.7 Å². The fraction of sp³-hybridized carbons (Fsp3) is 0.286. The Balaban J connectivity index is 1.33. The summed E-state index contributed by atoms with van der Waals surface area (Å²) in [7, 11) is -3.68. The van der Waals surface area contributed by atoms with E-state index in [1.807, 2.05) is 31.2 Å². The number of nitrogens with zero attached hydrogens (tertiary/aromatic N) is 1. The summed E-state index contributed by atoms with van der Waals surface area (Å²) in [5.74, 6) is 0.364. The molecule has 4 rings (SSSR count). The summed E-state index contributed by atoms with van der Waals surface area (Å²) in [6, 6.07) is 20.8. The van der Waals surface area contributed by atoms with Gasteiger partial charge in [-0.05, 0) is 92.1 Å². The first-order chi connectivity index (χ1) is 17.8. The van der Waals surface area contributed by atoms with Crippen molar-refractivity contribution in [1.82, 2.24) is 5.32 Å². The van der Waals surface area contributed by atoms with Gasteiger partial charge in [-0.2, -0.15) is 0 Å². The van der Waals surface area contributed by atoms with Crippen molar-refractivity contribution in [1.29, 1.82) is 0 Å². The number of rotatable bonds is 9. The molecular formula is C28H31N3O4S2. The van der Waals surface area contributed by atoms with Gasteiger partial charge in [0.2, 0.25) is 0 Å². The zero-order valence-electron chi connectivity index (χ0n) is 20.9. The number of nitrogens with one attached hydrogen (secondary N) is 2. The third-order valence-electron chi connectivity index (χ3n) is 6.19. The molecule has 0 radical (unpaired) electrons.